The zero-order valence-corrected chi connectivity index (χ0v) is 17.0. The summed E-state index contributed by atoms with van der Waals surface area (Å²) in [5.74, 6) is 0.261. The summed E-state index contributed by atoms with van der Waals surface area (Å²) in [6.07, 6.45) is 2.34. The Hall–Kier alpha value is -2.86. The Kier molecular flexibility index (Phi) is 5.53. The lowest BCUT2D eigenvalue weighted by molar-refractivity contribution is -0.117. The fourth-order valence-corrected chi connectivity index (χ4v) is 3.83. The molecule has 0 saturated carbocycles. The van der Waals surface area contributed by atoms with Crippen LogP contribution in [0.3, 0.4) is 0 Å². The maximum atomic E-state index is 13.1. The summed E-state index contributed by atoms with van der Waals surface area (Å²) < 4.78 is 1.31. The van der Waals surface area contributed by atoms with Crippen molar-refractivity contribution in [2.45, 2.75) is 32.1 Å². The highest BCUT2D eigenvalue weighted by Gasteiger charge is 2.22. The van der Waals surface area contributed by atoms with Gasteiger partial charge in [0.2, 0.25) is 11.9 Å². The van der Waals surface area contributed by atoms with Gasteiger partial charge in [-0.3, -0.25) is 15.0 Å². The predicted molar refractivity (Wildman–Crippen MR) is 116 cm³/mol. The van der Waals surface area contributed by atoms with Gasteiger partial charge in [0.1, 0.15) is 0 Å². The molecular formula is C22H23ClN4O2. The fraction of sp³-hybridized carbons (Fsp3) is 0.318. The van der Waals surface area contributed by atoms with E-state index in [2.05, 4.69) is 15.3 Å². The van der Waals surface area contributed by atoms with Gasteiger partial charge >= 0.3 is 0 Å². The lowest BCUT2D eigenvalue weighted by atomic mass is 9.98. The second kappa shape index (κ2) is 8.25. The third kappa shape index (κ3) is 4.12. The van der Waals surface area contributed by atoms with E-state index < -0.39 is 0 Å². The zero-order valence-electron chi connectivity index (χ0n) is 16.3. The first-order valence-electron chi connectivity index (χ1n) is 9.85. The quantitative estimate of drug-likeness (QED) is 0.692. The van der Waals surface area contributed by atoms with E-state index in [1.807, 2.05) is 43.3 Å². The Balaban J connectivity index is 1.62. The van der Waals surface area contributed by atoms with Crippen molar-refractivity contribution in [3.8, 4) is 0 Å². The summed E-state index contributed by atoms with van der Waals surface area (Å²) in [6, 6.07) is 14.7. The molecule has 1 saturated heterocycles. The van der Waals surface area contributed by atoms with E-state index in [1.54, 1.807) is 12.1 Å². The SMILES string of the molecule is C[C@H](CC(=O)Nn1c(N2CCCC2)nc2ccccc2c1=O)c1ccc(Cl)cc1. The lowest BCUT2D eigenvalue weighted by Crippen LogP contribution is -2.39. The fourth-order valence-electron chi connectivity index (χ4n) is 3.71. The molecule has 1 aliphatic heterocycles. The van der Waals surface area contributed by atoms with Gasteiger partial charge in [0.15, 0.2) is 0 Å². The highest BCUT2D eigenvalue weighted by molar-refractivity contribution is 6.30. The molecule has 1 amide bonds. The van der Waals surface area contributed by atoms with Crippen LogP contribution in [0.2, 0.25) is 5.02 Å². The molecule has 6 nitrogen and oxygen atoms in total. The molecule has 1 fully saturated rings. The molecule has 4 rings (SSSR count). The van der Waals surface area contributed by atoms with Crippen molar-refractivity contribution in [3.05, 3.63) is 69.5 Å². The first-order chi connectivity index (χ1) is 14.0. The Labute approximate surface area is 174 Å². The van der Waals surface area contributed by atoms with Crippen LogP contribution in [0.15, 0.2) is 53.3 Å². The summed E-state index contributed by atoms with van der Waals surface area (Å²) in [4.78, 5) is 32.6. The second-order valence-electron chi connectivity index (χ2n) is 7.46. The Morgan fingerprint density at radius 3 is 2.55 bits per heavy atom. The first kappa shape index (κ1) is 19.5. The van der Waals surface area contributed by atoms with Gasteiger partial charge in [-0.1, -0.05) is 42.8 Å². The minimum absolute atomic E-state index is 0.00776. The summed E-state index contributed by atoms with van der Waals surface area (Å²) in [5, 5.41) is 1.15. The molecule has 29 heavy (non-hydrogen) atoms. The number of carbonyl (C=O) groups is 1. The topological polar surface area (TPSA) is 67.2 Å². The van der Waals surface area contributed by atoms with Crippen molar-refractivity contribution >= 4 is 34.4 Å². The number of aromatic nitrogens is 2. The van der Waals surface area contributed by atoms with Gasteiger partial charge in [0, 0.05) is 24.5 Å². The van der Waals surface area contributed by atoms with E-state index in [-0.39, 0.29) is 23.8 Å². The minimum Gasteiger partial charge on any atom is -0.341 e. The molecule has 2 heterocycles. The van der Waals surface area contributed by atoms with Crippen molar-refractivity contribution in [2.75, 3.05) is 23.4 Å². The van der Waals surface area contributed by atoms with Crippen molar-refractivity contribution in [2.24, 2.45) is 0 Å². The molecule has 1 aromatic heterocycles. The third-order valence-electron chi connectivity index (χ3n) is 5.31. The van der Waals surface area contributed by atoms with Crippen LogP contribution in [0.5, 0.6) is 0 Å². The van der Waals surface area contributed by atoms with Crippen LogP contribution in [-0.4, -0.2) is 28.7 Å². The van der Waals surface area contributed by atoms with Gasteiger partial charge in [-0.25, -0.2) is 4.98 Å². The Morgan fingerprint density at radius 1 is 1.14 bits per heavy atom. The summed E-state index contributed by atoms with van der Waals surface area (Å²) in [7, 11) is 0. The average Bonchev–Trinajstić information content (AvgIpc) is 3.25. The Bertz CT molecular complexity index is 1090. The number of amides is 1. The number of halogens is 1. The molecule has 0 bridgehead atoms. The third-order valence-corrected chi connectivity index (χ3v) is 5.57. The van der Waals surface area contributed by atoms with Crippen molar-refractivity contribution in [3.63, 3.8) is 0 Å². The van der Waals surface area contributed by atoms with Crippen LogP contribution in [0.1, 0.15) is 37.7 Å². The molecule has 2 aromatic carbocycles. The summed E-state index contributed by atoms with van der Waals surface area (Å²) in [5.41, 5.74) is 4.20. The number of carbonyl (C=O) groups excluding carboxylic acids is 1. The number of nitrogens with one attached hydrogen (secondary N) is 1. The van der Waals surface area contributed by atoms with Gasteiger partial charge in [0.25, 0.3) is 5.56 Å². The second-order valence-corrected chi connectivity index (χ2v) is 7.89. The molecule has 1 aliphatic rings. The monoisotopic (exact) mass is 410 g/mol. The van der Waals surface area contributed by atoms with Gasteiger partial charge < -0.3 is 4.90 Å². The van der Waals surface area contributed by atoms with Crippen molar-refractivity contribution < 1.29 is 4.79 Å². The molecule has 0 radical (unpaired) electrons. The largest absolute Gasteiger partial charge is 0.341 e. The van der Waals surface area contributed by atoms with E-state index >= 15 is 0 Å². The zero-order chi connectivity index (χ0) is 20.4. The normalized spacial score (nSPS) is 14.9. The van der Waals surface area contributed by atoms with E-state index in [0.29, 0.717) is 21.9 Å². The number of nitrogens with zero attached hydrogens (tertiary/aromatic N) is 3. The van der Waals surface area contributed by atoms with Gasteiger partial charge in [-0.15, -0.1) is 0 Å². The van der Waals surface area contributed by atoms with E-state index in [1.165, 1.54) is 4.68 Å². The number of rotatable bonds is 5. The highest BCUT2D eigenvalue weighted by atomic mass is 35.5. The van der Waals surface area contributed by atoms with Gasteiger partial charge in [-0.05, 0) is 48.6 Å². The molecule has 1 atom stereocenters. The van der Waals surface area contributed by atoms with Crippen LogP contribution in [0, 0.1) is 0 Å². The molecule has 7 heteroatoms. The Morgan fingerprint density at radius 2 is 1.83 bits per heavy atom. The minimum atomic E-state index is -0.259. The highest BCUT2D eigenvalue weighted by Crippen LogP contribution is 2.22. The molecule has 1 N–H and O–H groups in total. The van der Waals surface area contributed by atoms with Crippen LogP contribution in [-0.2, 0) is 4.79 Å². The molecule has 0 aliphatic carbocycles. The summed E-state index contributed by atoms with van der Waals surface area (Å²) >= 11 is 5.95. The number of fused-ring (bicyclic) bond motifs is 1. The molecule has 3 aromatic rings. The summed E-state index contributed by atoms with van der Waals surface area (Å²) in [6.45, 7) is 3.62. The maximum absolute atomic E-state index is 13.1. The molecule has 0 spiro atoms. The van der Waals surface area contributed by atoms with E-state index in [0.717, 1.165) is 31.5 Å². The standard InChI is InChI=1S/C22H23ClN4O2/c1-15(16-8-10-17(23)11-9-16)14-20(28)25-27-21(29)18-6-2-3-7-19(18)24-22(27)26-12-4-5-13-26/h2-3,6-11,15H,4-5,12-14H2,1H3,(H,25,28)/t15-/m1/s1. The number of para-hydroxylation sites is 1. The first-order valence-corrected chi connectivity index (χ1v) is 10.2. The smallest absolute Gasteiger partial charge is 0.281 e. The number of benzene rings is 2. The molecule has 0 unspecified atom stereocenters. The lowest BCUT2D eigenvalue weighted by Gasteiger charge is -2.22. The predicted octanol–water partition coefficient (Wildman–Crippen LogP) is 3.91. The van der Waals surface area contributed by atoms with Crippen LogP contribution in [0.25, 0.3) is 10.9 Å². The van der Waals surface area contributed by atoms with E-state index in [4.69, 9.17) is 11.6 Å². The van der Waals surface area contributed by atoms with Gasteiger partial charge in [0.05, 0.1) is 10.9 Å². The van der Waals surface area contributed by atoms with Crippen LogP contribution >= 0.6 is 11.6 Å². The molecule has 150 valence electrons. The molecular weight excluding hydrogens is 388 g/mol. The van der Waals surface area contributed by atoms with Crippen molar-refractivity contribution in [1.82, 2.24) is 9.66 Å². The van der Waals surface area contributed by atoms with Gasteiger partial charge in [-0.2, -0.15) is 4.68 Å². The van der Waals surface area contributed by atoms with E-state index in [9.17, 15) is 9.59 Å². The van der Waals surface area contributed by atoms with Crippen LogP contribution in [0.4, 0.5) is 5.95 Å². The number of anilines is 1. The number of hydrogen-bond acceptors (Lipinski definition) is 4. The van der Waals surface area contributed by atoms with Crippen molar-refractivity contribution in [1.29, 1.82) is 0 Å². The van der Waals surface area contributed by atoms with Crippen LogP contribution < -0.4 is 15.9 Å². The number of hydrogen-bond donors (Lipinski definition) is 1. The maximum Gasteiger partial charge on any atom is 0.281 e. The average molecular weight is 411 g/mol.